The zero-order chi connectivity index (χ0) is 19.1. The number of nitrogens with one attached hydrogen (secondary N) is 1. The van der Waals surface area contributed by atoms with Crippen molar-refractivity contribution in [2.75, 3.05) is 30.2 Å². The van der Waals surface area contributed by atoms with Gasteiger partial charge in [0.2, 0.25) is 27.7 Å². The van der Waals surface area contributed by atoms with Crippen molar-refractivity contribution in [3.8, 4) is 0 Å². The second kappa shape index (κ2) is 6.39. The Labute approximate surface area is 152 Å². The molecular formula is C17H21N3O5S. The van der Waals surface area contributed by atoms with Crippen molar-refractivity contribution in [3.05, 3.63) is 29.8 Å². The van der Waals surface area contributed by atoms with Crippen LogP contribution in [0, 0.1) is 12.3 Å². The van der Waals surface area contributed by atoms with E-state index >= 15 is 0 Å². The summed E-state index contributed by atoms with van der Waals surface area (Å²) in [5.41, 5.74) is 0.430. The van der Waals surface area contributed by atoms with E-state index in [1.165, 1.54) is 4.90 Å². The Bertz CT molecular complexity index is 882. The molecule has 1 aromatic rings. The van der Waals surface area contributed by atoms with Crippen LogP contribution in [0.5, 0.6) is 0 Å². The van der Waals surface area contributed by atoms with Crippen molar-refractivity contribution in [3.63, 3.8) is 0 Å². The average Bonchev–Trinajstić information content (AvgIpc) is 3.07. The molecule has 3 rings (SSSR count). The summed E-state index contributed by atoms with van der Waals surface area (Å²) in [6.07, 6.45) is 1.53. The first kappa shape index (κ1) is 18.4. The molecule has 0 aromatic heterocycles. The van der Waals surface area contributed by atoms with Gasteiger partial charge in [-0.3, -0.25) is 24.0 Å². The molecule has 1 spiro atoms. The highest BCUT2D eigenvalue weighted by atomic mass is 32.2. The summed E-state index contributed by atoms with van der Waals surface area (Å²) in [7, 11) is -3.65. The van der Waals surface area contributed by atoms with E-state index in [1.54, 1.807) is 18.2 Å². The zero-order valence-electron chi connectivity index (χ0n) is 14.7. The zero-order valence-corrected chi connectivity index (χ0v) is 15.5. The van der Waals surface area contributed by atoms with Gasteiger partial charge in [0.1, 0.15) is 6.54 Å². The fraction of sp³-hybridized carbons (Fsp3) is 0.471. The summed E-state index contributed by atoms with van der Waals surface area (Å²) >= 11 is 0. The third-order valence-corrected chi connectivity index (χ3v) is 6.05. The molecule has 1 N–H and O–H groups in total. The Kier molecular flexibility index (Phi) is 4.51. The first-order valence-electron chi connectivity index (χ1n) is 8.27. The van der Waals surface area contributed by atoms with Crippen molar-refractivity contribution in [1.82, 2.24) is 10.2 Å². The van der Waals surface area contributed by atoms with E-state index in [0.717, 1.165) is 16.1 Å². The molecule has 9 heteroatoms. The summed E-state index contributed by atoms with van der Waals surface area (Å²) in [4.78, 5) is 37.7. The van der Waals surface area contributed by atoms with Gasteiger partial charge in [-0.25, -0.2) is 8.42 Å². The van der Waals surface area contributed by atoms with E-state index in [9.17, 15) is 22.8 Å². The van der Waals surface area contributed by atoms with Crippen molar-refractivity contribution in [2.24, 2.45) is 5.41 Å². The van der Waals surface area contributed by atoms with Crippen LogP contribution in [0.2, 0.25) is 0 Å². The fourth-order valence-electron chi connectivity index (χ4n) is 3.51. The maximum atomic E-state index is 12.7. The van der Waals surface area contributed by atoms with Gasteiger partial charge < -0.3 is 4.90 Å². The number of carbonyl (C=O) groups excluding carboxylic acids is 3. The van der Waals surface area contributed by atoms with Gasteiger partial charge in [0.05, 0.1) is 17.4 Å². The lowest BCUT2D eigenvalue weighted by molar-refractivity contribution is -0.130. The minimum atomic E-state index is -3.65. The average molecular weight is 379 g/mol. The third-order valence-electron chi connectivity index (χ3n) is 4.91. The van der Waals surface area contributed by atoms with Gasteiger partial charge in [0.15, 0.2) is 0 Å². The number of amides is 3. The number of likely N-dealkylation sites (tertiary alicyclic amines) is 1. The molecule has 26 heavy (non-hydrogen) atoms. The molecule has 0 aliphatic carbocycles. The van der Waals surface area contributed by atoms with Crippen molar-refractivity contribution in [1.29, 1.82) is 0 Å². The summed E-state index contributed by atoms with van der Waals surface area (Å²) in [6.45, 7) is 1.96. The quantitative estimate of drug-likeness (QED) is 0.743. The van der Waals surface area contributed by atoms with Crippen molar-refractivity contribution < 1.29 is 22.8 Å². The predicted molar refractivity (Wildman–Crippen MR) is 94.8 cm³/mol. The largest absolute Gasteiger partial charge is 0.340 e. The summed E-state index contributed by atoms with van der Waals surface area (Å²) in [5.74, 6) is -1.07. The Morgan fingerprint density at radius 3 is 2.65 bits per heavy atom. The smallest absolute Gasteiger partial charge is 0.243 e. The molecule has 1 atom stereocenters. The van der Waals surface area contributed by atoms with E-state index in [4.69, 9.17) is 0 Å². The minimum Gasteiger partial charge on any atom is -0.340 e. The predicted octanol–water partition coefficient (Wildman–Crippen LogP) is 0.0262. The van der Waals surface area contributed by atoms with Crippen molar-refractivity contribution >= 4 is 33.4 Å². The number of imide groups is 1. The minimum absolute atomic E-state index is 0.0727. The normalized spacial score (nSPS) is 22.8. The first-order chi connectivity index (χ1) is 12.1. The van der Waals surface area contributed by atoms with Crippen LogP contribution in [0.1, 0.15) is 18.4 Å². The van der Waals surface area contributed by atoms with Gasteiger partial charge in [-0.2, -0.15) is 0 Å². The number of nitrogens with zero attached hydrogens (tertiary/aromatic N) is 2. The van der Waals surface area contributed by atoms with Crippen LogP contribution in [-0.4, -0.2) is 56.9 Å². The number of sulfonamides is 1. The maximum absolute atomic E-state index is 12.7. The number of hydrogen-bond donors (Lipinski definition) is 1. The second-order valence-electron chi connectivity index (χ2n) is 7.01. The monoisotopic (exact) mass is 379 g/mol. The number of benzene rings is 1. The van der Waals surface area contributed by atoms with Gasteiger partial charge in [-0.15, -0.1) is 0 Å². The second-order valence-corrected chi connectivity index (χ2v) is 8.92. The van der Waals surface area contributed by atoms with Crippen LogP contribution in [0.25, 0.3) is 0 Å². The van der Waals surface area contributed by atoms with Gasteiger partial charge in [-0.1, -0.05) is 12.1 Å². The van der Waals surface area contributed by atoms with E-state index in [1.807, 2.05) is 13.0 Å². The molecule has 8 nitrogen and oxygen atoms in total. The SMILES string of the molecule is Cc1cccc(N(CC(=O)N2CC[C@@]3(CC(=O)NC3=O)C2)S(C)(=O)=O)c1. The Morgan fingerprint density at radius 1 is 1.35 bits per heavy atom. The molecule has 1 aromatic carbocycles. The Balaban J connectivity index is 1.77. The van der Waals surface area contributed by atoms with Crippen LogP contribution >= 0.6 is 0 Å². The molecular weight excluding hydrogens is 358 g/mol. The number of hydrogen-bond acceptors (Lipinski definition) is 5. The molecule has 140 valence electrons. The van der Waals surface area contributed by atoms with Crippen LogP contribution in [-0.2, 0) is 24.4 Å². The third kappa shape index (κ3) is 3.44. The first-order valence-corrected chi connectivity index (χ1v) is 10.1. The van der Waals surface area contributed by atoms with E-state index in [-0.39, 0.29) is 37.2 Å². The molecule has 2 saturated heterocycles. The van der Waals surface area contributed by atoms with Crippen molar-refractivity contribution in [2.45, 2.75) is 19.8 Å². The fourth-order valence-corrected chi connectivity index (χ4v) is 4.35. The summed E-state index contributed by atoms with van der Waals surface area (Å²) in [5, 5.41) is 2.28. The molecule has 2 heterocycles. The van der Waals surface area contributed by atoms with Crippen LogP contribution in [0.3, 0.4) is 0 Å². The number of anilines is 1. The highest BCUT2D eigenvalue weighted by Gasteiger charge is 2.51. The lowest BCUT2D eigenvalue weighted by Gasteiger charge is -2.26. The molecule has 3 amide bonds. The molecule has 0 unspecified atom stereocenters. The topological polar surface area (TPSA) is 104 Å². The summed E-state index contributed by atoms with van der Waals surface area (Å²) < 4.78 is 25.4. The standard InChI is InChI=1S/C17H21N3O5S/c1-12-4-3-5-13(8-12)20(26(2,24)25)10-15(22)19-7-6-17(11-19)9-14(21)18-16(17)23/h3-5,8H,6-7,9-11H2,1-2H3,(H,18,21,23)/t17-/m1/s1. The van der Waals surface area contributed by atoms with Crippen LogP contribution < -0.4 is 9.62 Å². The highest BCUT2D eigenvalue weighted by Crippen LogP contribution is 2.37. The number of carbonyl (C=O) groups is 3. The summed E-state index contributed by atoms with van der Waals surface area (Å²) in [6, 6.07) is 6.90. The van der Waals surface area contributed by atoms with Gasteiger partial charge in [-0.05, 0) is 31.0 Å². The molecule has 2 aliphatic rings. The van der Waals surface area contributed by atoms with Gasteiger partial charge in [0.25, 0.3) is 0 Å². The van der Waals surface area contributed by atoms with E-state index in [0.29, 0.717) is 18.7 Å². The molecule has 2 aliphatic heterocycles. The van der Waals surface area contributed by atoms with E-state index in [2.05, 4.69) is 5.32 Å². The highest BCUT2D eigenvalue weighted by molar-refractivity contribution is 7.92. The molecule has 2 fully saturated rings. The van der Waals surface area contributed by atoms with Gasteiger partial charge >= 0.3 is 0 Å². The van der Waals surface area contributed by atoms with Gasteiger partial charge in [0, 0.05) is 19.5 Å². The van der Waals surface area contributed by atoms with Crippen LogP contribution in [0.15, 0.2) is 24.3 Å². The van der Waals surface area contributed by atoms with E-state index < -0.39 is 15.4 Å². The lowest BCUT2D eigenvalue weighted by atomic mass is 9.85. The number of rotatable bonds is 4. The maximum Gasteiger partial charge on any atom is 0.243 e. The lowest BCUT2D eigenvalue weighted by Crippen LogP contribution is -2.43. The van der Waals surface area contributed by atoms with Crippen LogP contribution in [0.4, 0.5) is 5.69 Å². The molecule has 0 saturated carbocycles. The number of aryl methyl sites for hydroxylation is 1. The molecule has 0 radical (unpaired) electrons. The Hall–Kier alpha value is -2.42. The Morgan fingerprint density at radius 2 is 2.08 bits per heavy atom. The molecule has 0 bridgehead atoms.